The van der Waals surface area contributed by atoms with Crippen LogP contribution in [0.25, 0.3) is 0 Å². The van der Waals surface area contributed by atoms with Gasteiger partial charge in [0, 0.05) is 24.5 Å². The second-order valence-corrected chi connectivity index (χ2v) is 6.46. The molecule has 0 spiro atoms. The van der Waals surface area contributed by atoms with Crippen molar-refractivity contribution < 1.29 is 9.53 Å². The minimum absolute atomic E-state index is 0.229. The van der Waals surface area contributed by atoms with Crippen LogP contribution in [0.2, 0.25) is 10.0 Å². The predicted octanol–water partition coefficient (Wildman–Crippen LogP) is 4.41. The Bertz CT molecular complexity index is 493. The second kappa shape index (κ2) is 7.90. The third-order valence-corrected chi connectivity index (χ3v) is 4.23. The van der Waals surface area contributed by atoms with Crippen molar-refractivity contribution in [2.24, 2.45) is 5.92 Å². The van der Waals surface area contributed by atoms with E-state index in [0.717, 1.165) is 19.5 Å². The summed E-state index contributed by atoms with van der Waals surface area (Å²) in [6.07, 6.45) is 3.56. The fraction of sp³-hybridized carbons (Fsp3) is 0.562. The van der Waals surface area contributed by atoms with Gasteiger partial charge in [-0.05, 0) is 43.4 Å². The molecule has 1 heterocycles. The lowest BCUT2D eigenvalue weighted by atomic mass is 10.00. The predicted molar refractivity (Wildman–Crippen MR) is 86.2 cm³/mol. The maximum Gasteiger partial charge on any atom is 0.222 e. The van der Waals surface area contributed by atoms with Gasteiger partial charge in [-0.1, -0.05) is 30.1 Å². The summed E-state index contributed by atoms with van der Waals surface area (Å²) in [5, 5.41) is 1.08. The Labute approximate surface area is 136 Å². The first kappa shape index (κ1) is 16.4. The highest BCUT2D eigenvalue weighted by molar-refractivity contribution is 6.35. The highest BCUT2D eigenvalue weighted by Crippen LogP contribution is 2.27. The van der Waals surface area contributed by atoms with Crippen LogP contribution >= 0.6 is 23.2 Å². The molecule has 0 unspecified atom stereocenters. The van der Waals surface area contributed by atoms with Gasteiger partial charge in [-0.25, -0.2) is 0 Å². The summed E-state index contributed by atoms with van der Waals surface area (Å²) in [5.41, 5.74) is 0. The van der Waals surface area contributed by atoms with Crippen molar-refractivity contribution in [3.63, 3.8) is 0 Å². The largest absolute Gasteiger partial charge is 0.492 e. The Morgan fingerprint density at radius 1 is 1.43 bits per heavy atom. The van der Waals surface area contributed by atoms with Crippen molar-refractivity contribution in [3.05, 3.63) is 28.2 Å². The number of carbonyl (C=O) groups excluding carboxylic acids is 1. The summed E-state index contributed by atoms with van der Waals surface area (Å²) >= 11 is 11.9. The van der Waals surface area contributed by atoms with Gasteiger partial charge in [0.05, 0.1) is 11.6 Å². The lowest BCUT2D eigenvalue weighted by Crippen LogP contribution is -2.39. The summed E-state index contributed by atoms with van der Waals surface area (Å²) in [4.78, 5) is 14.1. The maximum absolute atomic E-state index is 12.1. The molecule has 0 bridgehead atoms. The molecule has 3 nitrogen and oxygen atoms in total. The maximum atomic E-state index is 12.1. The van der Waals surface area contributed by atoms with Crippen LogP contribution in [0.4, 0.5) is 0 Å². The lowest BCUT2D eigenvalue weighted by Gasteiger charge is -2.31. The zero-order valence-corrected chi connectivity index (χ0v) is 13.8. The van der Waals surface area contributed by atoms with E-state index in [-0.39, 0.29) is 5.91 Å². The molecule has 0 saturated carbocycles. The number of hydrogen-bond donors (Lipinski definition) is 0. The van der Waals surface area contributed by atoms with Crippen LogP contribution in [0.3, 0.4) is 0 Å². The van der Waals surface area contributed by atoms with Crippen LogP contribution < -0.4 is 4.74 Å². The van der Waals surface area contributed by atoms with Crippen LogP contribution in [-0.4, -0.2) is 30.5 Å². The van der Waals surface area contributed by atoms with E-state index in [1.165, 1.54) is 6.42 Å². The van der Waals surface area contributed by atoms with Crippen molar-refractivity contribution in [2.45, 2.75) is 32.6 Å². The van der Waals surface area contributed by atoms with Crippen molar-refractivity contribution in [3.8, 4) is 5.75 Å². The van der Waals surface area contributed by atoms with E-state index in [1.54, 1.807) is 18.2 Å². The number of likely N-dealkylation sites (tertiary alicyclic amines) is 1. The number of halogens is 2. The fourth-order valence-electron chi connectivity index (χ4n) is 2.57. The molecule has 1 saturated heterocycles. The van der Waals surface area contributed by atoms with Gasteiger partial charge in [0.15, 0.2) is 0 Å². The monoisotopic (exact) mass is 329 g/mol. The Balaban J connectivity index is 1.70. The Hall–Kier alpha value is -0.930. The molecule has 1 aliphatic heterocycles. The Morgan fingerprint density at radius 3 is 2.95 bits per heavy atom. The van der Waals surface area contributed by atoms with Gasteiger partial charge in [0.2, 0.25) is 5.91 Å². The first-order chi connectivity index (χ1) is 10.1. The van der Waals surface area contributed by atoms with E-state index < -0.39 is 0 Å². The average Bonchev–Trinajstić information content (AvgIpc) is 2.45. The molecular weight excluding hydrogens is 309 g/mol. The average molecular weight is 330 g/mol. The summed E-state index contributed by atoms with van der Waals surface area (Å²) < 4.78 is 5.59. The van der Waals surface area contributed by atoms with Gasteiger partial charge >= 0.3 is 0 Å². The molecule has 1 fully saturated rings. The standard InChI is InChI=1S/C16H21Cl2NO2/c1-12-4-2-8-19(11-12)16(20)5-3-9-21-15-7-6-13(17)10-14(15)18/h6-7,10,12H,2-5,8-9,11H2,1H3/t12-/m1/s1. The van der Waals surface area contributed by atoms with E-state index in [0.29, 0.717) is 41.2 Å². The first-order valence-corrected chi connectivity index (χ1v) is 8.17. The summed E-state index contributed by atoms with van der Waals surface area (Å²) in [6, 6.07) is 5.14. The molecule has 0 radical (unpaired) electrons. The third kappa shape index (κ3) is 5.08. The summed E-state index contributed by atoms with van der Waals surface area (Å²) in [7, 11) is 0. The number of hydrogen-bond acceptors (Lipinski definition) is 2. The van der Waals surface area contributed by atoms with Crippen LogP contribution in [-0.2, 0) is 4.79 Å². The van der Waals surface area contributed by atoms with Crippen molar-refractivity contribution >= 4 is 29.1 Å². The van der Waals surface area contributed by atoms with Crippen LogP contribution in [0.1, 0.15) is 32.6 Å². The molecule has 21 heavy (non-hydrogen) atoms. The Kier molecular flexibility index (Phi) is 6.19. The van der Waals surface area contributed by atoms with Crippen molar-refractivity contribution in [1.82, 2.24) is 4.90 Å². The van der Waals surface area contributed by atoms with Crippen LogP contribution in [0.15, 0.2) is 18.2 Å². The van der Waals surface area contributed by atoms with E-state index in [1.807, 2.05) is 4.90 Å². The number of nitrogens with zero attached hydrogens (tertiary/aromatic N) is 1. The number of amides is 1. The smallest absolute Gasteiger partial charge is 0.222 e. The zero-order chi connectivity index (χ0) is 15.2. The van der Waals surface area contributed by atoms with E-state index >= 15 is 0 Å². The number of benzene rings is 1. The van der Waals surface area contributed by atoms with Gasteiger partial charge in [-0.3, -0.25) is 4.79 Å². The highest BCUT2D eigenvalue weighted by atomic mass is 35.5. The SMILES string of the molecule is C[C@@H]1CCCN(C(=O)CCCOc2ccc(Cl)cc2Cl)C1. The number of piperidine rings is 1. The first-order valence-electron chi connectivity index (χ1n) is 7.42. The quantitative estimate of drug-likeness (QED) is 0.749. The van der Waals surface area contributed by atoms with Crippen LogP contribution in [0.5, 0.6) is 5.75 Å². The zero-order valence-electron chi connectivity index (χ0n) is 12.3. The number of ether oxygens (including phenoxy) is 1. The lowest BCUT2D eigenvalue weighted by molar-refractivity contribution is -0.133. The summed E-state index contributed by atoms with van der Waals surface area (Å²) in [6.45, 7) is 4.47. The number of carbonyl (C=O) groups is 1. The minimum Gasteiger partial charge on any atom is -0.492 e. The number of rotatable bonds is 5. The molecule has 0 N–H and O–H groups in total. The van der Waals surface area contributed by atoms with E-state index in [9.17, 15) is 4.79 Å². The van der Waals surface area contributed by atoms with Gasteiger partial charge in [0.1, 0.15) is 5.75 Å². The molecule has 2 rings (SSSR count). The molecule has 0 aromatic heterocycles. The normalized spacial score (nSPS) is 18.6. The van der Waals surface area contributed by atoms with Crippen molar-refractivity contribution in [2.75, 3.05) is 19.7 Å². The van der Waals surface area contributed by atoms with Crippen molar-refractivity contribution in [1.29, 1.82) is 0 Å². The minimum atomic E-state index is 0.229. The molecule has 1 aromatic carbocycles. The molecular formula is C16H21Cl2NO2. The second-order valence-electron chi connectivity index (χ2n) is 5.61. The van der Waals surface area contributed by atoms with Gasteiger partial charge in [-0.15, -0.1) is 0 Å². The van der Waals surface area contributed by atoms with Crippen LogP contribution in [0, 0.1) is 5.92 Å². The molecule has 0 aliphatic carbocycles. The molecule has 1 aliphatic rings. The topological polar surface area (TPSA) is 29.5 Å². The van der Waals surface area contributed by atoms with E-state index in [2.05, 4.69) is 6.92 Å². The summed E-state index contributed by atoms with van der Waals surface area (Å²) in [5.74, 6) is 1.46. The third-order valence-electron chi connectivity index (χ3n) is 3.70. The Morgan fingerprint density at radius 2 is 2.24 bits per heavy atom. The van der Waals surface area contributed by atoms with Gasteiger partial charge in [0.25, 0.3) is 0 Å². The van der Waals surface area contributed by atoms with E-state index in [4.69, 9.17) is 27.9 Å². The molecule has 1 aromatic rings. The molecule has 116 valence electrons. The highest BCUT2D eigenvalue weighted by Gasteiger charge is 2.20. The molecule has 1 amide bonds. The van der Waals surface area contributed by atoms with Gasteiger partial charge in [-0.2, -0.15) is 0 Å². The molecule has 1 atom stereocenters. The fourth-order valence-corrected chi connectivity index (χ4v) is 3.03. The molecule has 5 heteroatoms. The van der Waals surface area contributed by atoms with Gasteiger partial charge < -0.3 is 9.64 Å².